The molecule has 2 rings (SSSR count). The summed E-state index contributed by atoms with van der Waals surface area (Å²) in [6, 6.07) is 6.52. The second-order valence-electron chi connectivity index (χ2n) is 5.02. The molecule has 20 heavy (non-hydrogen) atoms. The highest BCUT2D eigenvalue weighted by Gasteiger charge is 2.15. The first-order chi connectivity index (χ1) is 9.70. The van der Waals surface area contributed by atoms with Crippen LogP contribution in [0, 0.1) is 0 Å². The first-order valence-electron chi connectivity index (χ1n) is 7.09. The Labute approximate surface area is 125 Å². The van der Waals surface area contributed by atoms with Crippen molar-refractivity contribution in [2.24, 2.45) is 0 Å². The molecule has 0 aromatic carbocycles. The van der Waals surface area contributed by atoms with Gasteiger partial charge in [-0.15, -0.1) is 11.3 Å². The zero-order valence-electron chi connectivity index (χ0n) is 12.3. The molecule has 4 heteroatoms. The Bertz CT molecular complexity index is 511. The summed E-state index contributed by atoms with van der Waals surface area (Å²) in [6.45, 7) is 7.21. The number of pyridine rings is 1. The van der Waals surface area contributed by atoms with E-state index in [9.17, 15) is 0 Å². The van der Waals surface area contributed by atoms with E-state index in [2.05, 4.69) is 40.8 Å². The number of thiophene rings is 1. The number of ether oxygens (including phenoxy) is 1. The van der Waals surface area contributed by atoms with Crippen molar-refractivity contribution in [1.82, 2.24) is 10.3 Å². The number of aromatic nitrogens is 1. The summed E-state index contributed by atoms with van der Waals surface area (Å²) in [6.07, 6.45) is 4.96. The van der Waals surface area contributed by atoms with Crippen molar-refractivity contribution in [3.63, 3.8) is 0 Å². The summed E-state index contributed by atoms with van der Waals surface area (Å²) in [4.78, 5) is 5.62. The maximum absolute atomic E-state index is 5.74. The summed E-state index contributed by atoms with van der Waals surface area (Å²) >= 11 is 1.76. The molecule has 0 saturated heterocycles. The average molecular weight is 290 g/mol. The van der Waals surface area contributed by atoms with Gasteiger partial charge in [0.15, 0.2) is 0 Å². The molecule has 0 spiro atoms. The Hall–Kier alpha value is -1.39. The minimum absolute atomic E-state index is 0.163. The van der Waals surface area contributed by atoms with E-state index < -0.39 is 0 Å². The molecular weight excluding hydrogens is 268 g/mol. The Balaban J connectivity index is 2.24. The van der Waals surface area contributed by atoms with Crippen molar-refractivity contribution in [1.29, 1.82) is 0 Å². The Morgan fingerprint density at radius 1 is 1.35 bits per heavy atom. The van der Waals surface area contributed by atoms with Crippen LogP contribution in [-0.2, 0) is 0 Å². The lowest BCUT2D eigenvalue weighted by molar-refractivity contribution is 0.241. The predicted molar refractivity (Wildman–Crippen MR) is 84.5 cm³/mol. The summed E-state index contributed by atoms with van der Waals surface area (Å²) < 4.78 is 5.74. The third kappa shape index (κ3) is 4.05. The highest BCUT2D eigenvalue weighted by molar-refractivity contribution is 7.10. The first kappa shape index (κ1) is 15.0. The molecule has 1 N–H and O–H groups in total. The van der Waals surface area contributed by atoms with Gasteiger partial charge in [-0.3, -0.25) is 4.98 Å². The third-order valence-corrected chi connectivity index (χ3v) is 3.80. The number of rotatable bonds is 7. The van der Waals surface area contributed by atoms with E-state index in [-0.39, 0.29) is 12.1 Å². The van der Waals surface area contributed by atoms with Crippen LogP contribution in [0.15, 0.2) is 36.0 Å². The fourth-order valence-corrected chi connectivity index (χ4v) is 2.88. The second kappa shape index (κ2) is 7.41. The Morgan fingerprint density at radius 3 is 2.85 bits per heavy atom. The monoisotopic (exact) mass is 290 g/mol. The van der Waals surface area contributed by atoms with Crippen molar-refractivity contribution in [3.8, 4) is 5.75 Å². The summed E-state index contributed by atoms with van der Waals surface area (Å²) in [5.41, 5.74) is 1.15. The van der Waals surface area contributed by atoms with Crippen molar-refractivity contribution < 1.29 is 4.74 Å². The van der Waals surface area contributed by atoms with Crippen molar-refractivity contribution in [3.05, 3.63) is 46.4 Å². The van der Waals surface area contributed by atoms with Crippen LogP contribution in [0.4, 0.5) is 0 Å². The fourth-order valence-electron chi connectivity index (χ4n) is 2.06. The van der Waals surface area contributed by atoms with Gasteiger partial charge < -0.3 is 10.1 Å². The zero-order valence-corrected chi connectivity index (χ0v) is 13.1. The molecule has 3 nitrogen and oxygen atoms in total. The number of hydrogen-bond acceptors (Lipinski definition) is 4. The fraction of sp³-hybridized carbons (Fsp3) is 0.438. The lowest BCUT2D eigenvalue weighted by Crippen LogP contribution is -2.22. The molecule has 0 aliphatic carbocycles. The summed E-state index contributed by atoms with van der Waals surface area (Å²) in [7, 11) is 0. The largest absolute Gasteiger partial charge is 0.489 e. The van der Waals surface area contributed by atoms with Crippen LogP contribution in [-0.4, -0.2) is 17.6 Å². The Kier molecular flexibility index (Phi) is 5.56. The van der Waals surface area contributed by atoms with Crippen molar-refractivity contribution in [2.45, 2.75) is 39.3 Å². The Morgan fingerprint density at radius 2 is 2.20 bits per heavy atom. The lowest BCUT2D eigenvalue weighted by Gasteiger charge is -2.18. The standard InChI is InChI=1S/C16H22N2OS/c1-4-7-18-16(15-6-5-8-20-15)13-9-14(11-17-10-13)19-12(2)3/h5-6,8-12,16,18H,4,7H2,1-3H3. The molecule has 0 radical (unpaired) electrons. The maximum atomic E-state index is 5.74. The molecule has 1 atom stereocenters. The summed E-state index contributed by atoms with van der Waals surface area (Å²) in [5.74, 6) is 0.831. The van der Waals surface area contributed by atoms with Crippen LogP contribution in [0.2, 0.25) is 0 Å². The molecule has 2 aromatic heterocycles. The van der Waals surface area contributed by atoms with Crippen molar-refractivity contribution in [2.75, 3.05) is 6.54 Å². The van der Waals surface area contributed by atoms with Crippen LogP contribution in [0.25, 0.3) is 0 Å². The van der Waals surface area contributed by atoms with Crippen LogP contribution < -0.4 is 10.1 Å². The van der Waals surface area contributed by atoms with Gasteiger partial charge in [0.2, 0.25) is 0 Å². The highest BCUT2D eigenvalue weighted by atomic mass is 32.1. The van der Waals surface area contributed by atoms with Gasteiger partial charge >= 0.3 is 0 Å². The van der Waals surface area contributed by atoms with Crippen LogP contribution >= 0.6 is 11.3 Å². The molecule has 0 bridgehead atoms. The van der Waals surface area contributed by atoms with Crippen molar-refractivity contribution >= 4 is 11.3 Å². The number of nitrogens with zero attached hydrogens (tertiary/aromatic N) is 1. The molecule has 0 fully saturated rings. The van der Waals surface area contributed by atoms with Crippen LogP contribution in [0.1, 0.15) is 43.7 Å². The molecule has 108 valence electrons. The smallest absolute Gasteiger partial charge is 0.138 e. The van der Waals surface area contributed by atoms with Gasteiger partial charge in [-0.1, -0.05) is 13.0 Å². The zero-order chi connectivity index (χ0) is 14.4. The molecule has 0 amide bonds. The number of hydrogen-bond donors (Lipinski definition) is 1. The SMILES string of the molecule is CCCNC(c1cncc(OC(C)C)c1)c1cccs1. The molecular formula is C16H22N2OS. The van der Waals surface area contributed by atoms with Crippen LogP contribution in [0.3, 0.4) is 0 Å². The third-order valence-electron chi connectivity index (χ3n) is 2.87. The van der Waals surface area contributed by atoms with E-state index in [1.54, 1.807) is 17.5 Å². The van der Waals surface area contributed by atoms with E-state index in [4.69, 9.17) is 4.74 Å². The average Bonchev–Trinajstić information content (AvgIpc) is 2.93. The molecule has 0 saturated carbocycles. The van der Waals surface area contributed by atoms with Gasteiger partial charge in [0.1, 0.15) is 5.75 Å². The minimum Gasteiger partial charge on any atom is -0.489 e. The van der Waals surface area contributed by atoms with Gasteiger partial charge in [0.25, 0.3) is 0 Å². The topological polar surface area (TPSA) is 34.2 Å². The van der Waals surface area contributed by atoms with E-state index in [1.165, 1.54) is 4.88 Å². The second-order valence-corrected chi connectivity index (χ2v) is 6.00. The van der Waals surface area contributed by atoms with E-state index in [1.807, 2.05) is 20.0 Å². The van der Waals surface area contributed by atoms with Crippen LogP contribution in [0.5, 0.6) is 5.75 Å². The highest BCUT2D eigenvalue weighted by Crippen LogP contribution is 2.27. The summed E-state index contributed by atoms with van der Waals surface area (Å²) in [5, 5.41) is 5.69. The van der Waals surface area contributed by atoms with E-state index in [0.29, 0.717) is 0 Å². The molecule has 0 aliphatic rings. The van der Waals surface area contributed by atoms with E-state index >= 15 is 0 Å². The molecule has 2 heterocycles. The molecule has 0 aliphatic heterocycles. The van der Waals surface area contributed by atoms with Gasteiger partial charge in [0, 0.05) is 11.1 Å². The van der Waals surface area contributed by atoms with Gasteiger partial charge in [-0.25, -0.2) is 0 Å². The van der Waals surface area contributed by atoms with Gasteiger partial charge in [-0.05, 0) is 49.9 Å². The quantitative estimate of drug-likeness (QED) is 0.836. The molecule has 2 aromatic rings. The minimum atomic E-state index is 0.163. The lowest BCUT2D eigenvalue weighted by atomic mass is 10.1. The predicted octanol–water partition coefficient (Wildman–Crippen LogP) is 4.02. The van der Waals surface area contributed by atoms with Gasteiger partial charge in [0.05, 0.1) is 18.3 Å². The first-order valence-corrected chi connectivity index (χ1v) is 7.97. The van der Waals surface area contributed by atoms with Gasteiger partial charge in [-0.2, -0.15) is 0 Å². The number of nitrogens with one attached hydrogen (secondary N) is 1. The van der Waals surface area contributed by atoms with E-state index in [0.717, 1.165) is 24.3 Å². The molecule has 1 unspecified atom stereocenters. The maximum Gasteiger partial charge on any atom is 0.138 e. The normalized spacial score (nSPS) is 12.6.